The number of nitrogens with zero attached hydrogens (tertiary/aromatic N) is 1. The molecule has 2 heteroatoms. The molecule has 18 heavy (non-hydrogen) atoms. The zero-order chi connectivity index (χ0) is 13.5. The van der Waals surface area contributed by atoms with Gasteiger partial charge < -0.3 is 4.90 Å². The molecule has 0 saturated carbocycles. The SMILES string of the molecule is CCC(=O)N(CC(C)=Cc1ccccc1)C(C)C. The van der Waals surface area contributed by atoms with Crippen LogP contribution in [-0.2, 0) is 4.79 Å². The van der Waals surface area contributed by atoms with Gasteiger partial charge in [-0.25, -0.2) is 0 Å². The minimum atomic E-state index is 0.214. The molecular formula is C16H23NO. The van der Waals surface area contributed by atoms with Crippen molar-refractivity contribution in [2.24, 2.45) is 0 Å². The molecule has 1 aromatic rings. The molecular weight excluding hydrogens is 222 g/mol. The summed E-state index contributed by atoms with van der Waals surface area (Å²) in [4.78, 5) is 13.8. The normalized spacial score (nSPS) is 11.7. The Morgan fingerprint density at radius 2 is 1.89 bits per heavy atom. The van der Waals surface area contributed by atoms with Gasteiger partial charge in [0.25, 0.3) is 0 Å². The van der Waals surface area contributed by atoms with E-state index in [4.69, 9.17) is 0 Å². The van der Waals surface area contributed by atoms with Crippen molar-refractivity contribution in [1.82, 2.24) is 4.90 Å². The molecule has 1 amide bonds. The minimum absolute atomic E-state index is 0.214. The summed E-state index contributed by atoms with van der Waals surface area (Å²) in [6.07, 6.45) is 2.70. The van der Waals surface area contributed by atoms with Gasteiger partial charge in [0.05, 0.1) is 0 Å². The largest absolute Gasteiger partial charge is 0.336 e. The highest BCUT2D eigenvalue weighted by molar-refractivity contribution is 5.76. The van der Waals surface area contributed by atoms with Crippen molar-refractivity contribution in [2.45, 2.75) is 40.2 Å². The fourth-order valence-corrected chi connectivity index (χ4v) is 1.91. The van der Waals surface area contributed by atoms with Gasteiger partial charge in [0, 0.05) is 19.0 Å². The van der Waals surface area contributed by atoms with Crippen LogP contribution in [0.4, 0.5) is 0 Å². The smallest absolute Gasteiger partial charge is 0.222 e. The lowest BCUT2D eigenvalue weighted by Gasteiger charge is -2.26. The third-order valence-corrected chi connectivity index (χ3v) is 2.88. The molecule has 98 valence electrons. The number of hydrogen-bond acceptors (Lipinski definition) is 1. The summed E-state index contributed by atoms with van der Waals surface area (Å²) in [7, 11) is 0. The third kappa shape index (κ3) is 4.36. The van der Waals surface area contributed by atoms with Crippen molar-refractivity contribution in [1.29, 1.82) is 0 Å². The summed E-state index contributed by atoms with van der Waals surface area (Å²) in [6, 6.07) is 10.5. The fraction of sp³-hybridized carbons (Fsp3) is 0.438. The van der Waals surface area contributed by atoms with Crippen LogP contribution < -0.4 is 0 Å². The maximum Gasteiger partial charge on any atom is 0.222 e. The monoisotopic (exact) mass is 245 g/mol. The lowest BCUT2D eigenvalue weighted by Crippen LogP contribution is -2.37. The Balaban J connectivity index is 2.75. The summed E-state index contributed by atoms with van der Waals surface area (Å²) < 4.78 is 0. The lowest BCUT2D eigenvalue weighted by molar-refractivity contribution is -0.132. The van der Waals surface area contributed by atoms with E-state index in [1.54, 1.807) is 0 Å². The van der Waals surface area contributed by atoms with Crippen LogP contribution in [0.15, 0.2) is 35.9 Å². The predicted octanol–water partition coefficient (Wildman–Crippen LogP) is 3.74. The van der Waals surface area contributed by atoms with Crippen LogP contribution in [0.25, 0.3) is 6.08 Å². The van der Waals surface area contributed by atoms with E-state index in [1.807, 2.05) is 30.0 Å². The molecule has 1 aromatic carbocycles. The fourth-order valence-electron chi connectivity index (χ4n) is 1.91. The summed E-state index contributed by atoms with van der Waals surface area (Å²) in [5.74, 6) is 0.214. The molecule has 0 fully saturated rings. The Hall–Kier alpha value is -1.57. The summed E-state index contributed by atoms with van der Waals surface area (Å²) in [5, 5.41) is 0. The first kappa shape index (κ1) is 14.5. The number of carbonyl (C=O) groups is 1. The Morgan fingerprint density at radius 1 is 1.28 bits per heavy atom. The van der Waals surface area contributed by atoms with Crippen molar-refractivity contribution in [3.8, 4) is 0 Å². The van der Waals surface area contributed by atoms with Crippen LogP contribution in [0.5, 0.6) is 0 Å². The molecule has 0 N–H and O–H groups in total. The van der Waals surface area contributed by atoms with Crippen LogP contribution in [-0.4, -0.2) is 23.4 Å². The number of hydrogen-bond donors (Lipinski definition) is 0. The Labute approximate surface area is 110 Å². The van der Waals surface area contributed by atoms with Gasteiger partial charge in [-0.15, -0.1) is 0 Å². The molecule has 0 bridgehead atoms. The van der Waals surface area contributed by atoms with E-state index in [2.05, 4.69) is 39.0 Å². The standard InChI is InChI=1S/C16H23NO/c1-5-16(18)17(13(2)3)12-14(4)11-15-9-7-6-8-10-15/h6-11,13H,5,12H2,1-4H3. The first-order chi connectivity index (χ1) is 8.54. The number of carbonyl (C=O) groups excluding carboxylic acids is 1. The number of amides is 1. The van der Waals surface area contributed by atoms with Gasteiger partial charge in [-0.3, -0.25) is 4.79 Å². The van der Waals surface area contributed by atoms with Gasteiger partial charge in [-0.2, -0.15) is 0 Å². The molecule has 1 rings (SSSR count). The van der Waals surface area contributed by atoms with Gasteiger partial charge in [0.2, 0.25) is 5.91 Å². The van der Waals surface area contributed by atoms with Crippen molar-refractivity contribution in [3.05, 3.63) is 41.5 Å². The molecule has 0 unspecified atom stereocenters. The Morgan fingerprint density at radius 3 is 2.39 bits per heavy atom. The van der Waals surface area contributed by atoms with Gasteiger partial charge in [0.1, 0.15) is 0 Å². The van der Waals surface area contributed by atoms with E-state index in [0.29, 0.717) is 13.0 Å². The first-order valence-corrected chi connectivity index (χ1v) is 6.56. The average Bonchev–Trinajstić information content (AvgIpc) is 2.36. The topological polar surface area (TPSA) is 20.3 Å². The second-order valence-corrected chi connectivity index (χ2v) is 4.87. The van der Waals surface area contributed by atoms with Crippen molar-refractivity contribution >= 4 is 12.0 Å². The predicted molar refractivity (Wildman–Crippen MR) is 77.2 cm³/mol. The summed E-state index contributed by atoms with van der Waals surface area (Å²) in [6.45, 7) is 8.81. The summed E-state index contributed by atoms with van der Waals surface area (Å²) in [5.41, 5.74) is 2.39. The minimum Gasteiger partial charge on any atom is -0.336 e. The van der Waals surface area contributed by atoms with E-state index in [1.165, 1.54) is 11.1 Å². The van der Waals surface area contributed by atoms with Crippen LogP contribution in [0, 0.1) is 0 Å². The average molecular weight is 245 g/mol. The summed E-state index contributed by atoms with van der Waals surface area (Å²) >= 11 is 0. The highest BCUT2D eigenvalue weighted by Gasteiger charge is 2.14. The number of benzene rings is 1. The van der Waals surface area contributed by atoms with E-state index in [0.717, 1.165) is 0 Å². The molecule has 0 aliphatic carbocycles. The van der Waals surface area contributed by atoms with E-state index in [-0.39, 0.29) is 11.9 Å². The van der Waals surface area contributed by atoms with Gasteiger partial charge in [0.15, 0.2) is 0 Å². The maximum absolute atomic E-state index is 11.8. The maximum atomic E-state index is 11.8. The molecule has 0 radical (unpaired) electrons. The first-order valence-electron chi connectivity index (χ1n) is 6.56. The van der Waals surface area contributed by atoms with Crippen molar-refractivity contribution in [2.75, 3.05) is 6.54 Å². The lowest BCUT2D eigenvalue weighted by atomic mass is 10.1. The van der Waals surface area contributed by atoms with Gasteiger partial charge in [-0.05, 0) is 26.3 Å². The Kier molecular flexibility index (Phi) is 5.63. The quantitative estimate of drug-likeness (QED) is 0.774. The molecule has 2 nitrogen and oxygen atoms in total. The zero-order valence-electron chi connectivity index (χ0n) is 11.8. The van der Waals surface area contributed by atoms with Crippen LogP contribution in [0.1, 0.15) is 39.7 Å². The van der Waals surface area contributed by atoms with Crippen LogP contribution in [0.3, 0.4) is 0 Å². The molecule has 0 aliphatic rings. The molecule has 0 aromatic heterocycles. The van der Waals surface area contributed by atoms with Gasteiger partial charge in [-0.1, -0.05) is 48.9 Å². The van der Waals surface area contributed by atoms with Crippen molar-refractivity contribution in [3.63, 3.8) is 0 Å². The molecule has 0 saturated heterocycles. The van der Waals surface area contributed by atoms with Crippen LogP contribution in [0.2, 0.25) is 0 Å². The molecule has 0 heterocycles. The number of rotatable bonds is 5. The van der Waals surface area contributed by atoms with E-state index < -0.39 is 0 Å². The molecule has 0 spiro atoms. The van der Waals surface area contributed by atoms with E-state index in [9.17, 15) is 4.79 Å². The molecule has 0 aliphatic heterocycles. The van der Waals surface area contributed by atoms with Crippen LogP contribution >= 0.6 is 0 Å². The van der Waals surface area contributed by atoms with Crippen molar-refractivity contribution < 1.29 is 4.79 Å². The second-order valence-electron chi connectivity index (χ2n) is 4.87. The third-order valence-electron chi connectivity index (χ3n) is 2.88. The van der Waals surface area contributed by atoms with Gasteiger partial charge >= 0.3 is 0 Å². The zero-order valence-corrected chi connectivity index (χ0v) is 11.8. The highest BCUT2D eigenvalue weighted by Crippen LogP contribution is 2.10. The molecule has 0 atom stereocenters. The van der Waals surface area contributed by atoms with E-state index >= 15 is 0 Å². The Bertz CT molecular complexity index is 406. The highest BCUT2D eigenvalue weighted by atomic mass is 16.2. The second kappa shape index (κ2) is 7.00.